The van der Waals surface area contributed by atoms with Gasteiger partial charge in [-0.3, -0.25) is 9.52 Å². The second-order valence-corrected chi connectivity index (χ2v) is 8.78. The summed E-state index contributed by atoms with van der Waals surface area (Å²) in [5, 5.41) is 2.74. The van der Waals surface area contributed by atoms with E-state index >= 15 is 0 Å². The number of anilines is 1. The smallest absolute Gasteiger partial charge is 0.261 e. The van der Waals surface area contributed by atoms with Gasteiger partial charge in [-0.2, -0.15) is 0 Å². The normalized spacial score (nSPS) is 11.4. The Hall–Kier alpha value is -2.09. The van der Waals surface area contributed by atoms with Crippen LogP contribution in [0.3, 0.4) is 0 Å². The number of hydrogen-bond donors (Lipinski definition) is 3. The van der Waals surface area contributed by atoms with Crippen LogP contribution in [-0.2, 0) is 10.0 Å². The lowest BCUT2D eigenvalue weighted by Crippen LogP contribution is -2.45. The number of nitrogens with one attached hydrogen (secondary N) is 2. The lowest BCUT2D eigenvalue weighted by atomic mass is 10.1. The molecule has 0 radical (unpaired) electrons. The van der Waals surface area contributed by atoms with Crippen molar-refractivity contribution in [1.82, 2.24) is 5.32 Å². The van der Waals surface area contributed by atoms with Crippen LogP contribution in [0.1, 0.15) is 35.3 Å². The van der Waals surface area contributed by atoms with Gasteiger partial charge in [-0.1, -0.05) is 6.07 Å². The van der Waals surface area contributed by atoms with Crippen molar-refractivity contribution in [1.29, 1.82) is 0 Å². The summed E-state index contributed by atoms with van der Waals surface area (Å²) in [6, 6.07) is 11.2. The first-order valence-corrected chi connectivity index (χ1v) is 9.73. The Morgan fingerprint density at radius 3 is 2.15 bits per heavy atom. The quantitative estimate of drug-likeness (QED) is 0.680. The number of carbonyl (C=O) groups is 1. The van der Waals surface area contributed by atoms with Crippen molar-refractivity contribution < 1.29 is 13.2 Å². The molecule has 0 saturated carbocycles. The largest absolute Gasteiger partial charge is 0.350 e. The molecular weight excluding hydrogens is 386 g/mol. The molecule has 4 N–H and O–H groups in total. The average molecular weight is 412 g/mol. The fourth-order valence-electron chi connectivity index (χ4n) is 2.19. The van der Waals surface area contributed by atoms with Gasteiger partial charge in [-0.25, -0.2) is 8.42 Å². The standard InChI is InChI=1S/C19H25N3O3S.ClH/c1-13-5-10-17(11-14(13)2)26(24,25)22-16-8-6-15(7-9-16)18(23)21-12-19(3,4)20;/h5-11,22H,12,20H2,1-4H3,(H,21,23);1H. The number of aryl methyl sites for hydroxylation is 2. The van der Waals surface area contributed by atoms with E-state index in [9.17, 15) is 13.2 Å². The maximum absolute atomic E-state index is 12.5. The van der Waals surface area contributed by atoms with E-state index in [1.165, 1.54) is 0 Å². The predicted molar refractivity (Wildman–Crippen MR) is 111 cm³/mol. The first-order valence-electron chi connectivity index (χ1n) is 8.25. The van der Waals surface area contributed by atoms with Gasteiger partial charge < -0.3 is 11.1 Å². The molecule has 2 aromatic carbocycles. The number of benzene rings is 2. The Morgan fingerprint density at radius 2 is 1.63 bits per heavy atom. The molecule has 0 unspecified atom stereocenters. The number of carbonyl (C=O) groups excluding carboxylic acids is 1. The maximum Gasteiger partial charge on any atom is 0.261 e. The molecule has 0 aliphatic rings. The van der Waals surface area contributed by atoms with E-state index in [0.29, 0.717) is 17.8 Å². The zero-order valence-electron chi connectivity index (χ0n) is 15.9. The fourth-order valence-corrected chi connectivity index (χ4v) is 3.34. The molecule has 148 valence electrons. The minimum absolute atomic E-state index is 0. The van der Waals surface area contributed by atoms with Crippen molar-refractivity contribution in [3.8, 4) is 0 Å². The molecule has 1 amide bonds. The predicted octanol–water partition coefficient (Wildman–Crippen LogP) is 2.99. The maximum atomic E-state index is 12.5. The molecule has 6 nitrogen and oxygen atoms in total. The van der Waals surface area contributed by atoms with Crippen molar-refractivity contribution in [3.05, 3.63) is 59.2 Å². The van der Waals surface area contributed by atoms with Crippen LogP contribution in [-0.4, -0.2) is 26.4 Å². The Morgan fingerprint density at radius 1 is 1.04 bits per heavy atom. The molecule has 0 heterocycles. The molecule has 2 aromatic rings. The van der Waals surface area contributed by atoms with E-state index in [0.717, 1.165) is 11.1 Å². The highest BCUT2D eigenvalue weighted by atomic mass is 35.5. The molecule has 0 aromatic heterocycles. The number of hydrogen-bond acceptors (Lipinski definition) is 4. The monoisotopic (exact) mass is 411 g/mol. The van der Waals surface area contributed by atoms with Gasteiger partial charge in [-0.15, -0.1) is 12.4 Å². The van der Waals surface area contributed by atoms with Gasteiger partial charge in [0.2, 0.25) is 0 Å². The van der Waals surface area contributed by atoms with Gasteiger partial charge in [0.15, 0.2) is 0 Å². The highest BCUT2D eigenvalue weighted by Gasteiger charge is 2.16. The first kappa shape index (κ1) is 23.0. The number of amides is 1. The summed E-state index contributed by atoms with van der Waals surface area (Å²) in [5.74, 6) is -0.257. The molecule has 0 atom stereocenters. The van der Waals surface area contributed by atoms with Gasteiger partial charge in [0, 0.05) is 23.3 Å². The van der Waals surface area contributed by atoms with Gasteiger partial charge in [0.1, 0.15) is 0 Å². The average Bonchev–Trinajstić information content (AvgIpc) is 2.54. The van der Waals surface area contributed by atoms with E-state index < -0.39 is 15.6 Å². The lowest BCUT2D eigenvalue weighted by molar-refractivity contribution is 0.0946. The summed E-state index contributed by atoms with van der Waals surface area (Å²) in [4.78, 5) is 12.3. The minimum atomic E-state index is -3.68. The second-order valence-electron chi connectivity index (χ2n) is 7.10. The molecular formula is C19H26ClN3O3S. The number of sulfonamides is 1. The minimum Gasteiger partial charge on any atom is -0.350 e. The second kappa shape index (κ2) is 8.73. The Bertz CT molecular complexity index is 905. The van der Waals surface area contributed by atoms with Crippen molar-refractivity contribution in [3.63, 3.8) is 0 Å². The summed E-state index contributed by atoms with van der Waals surface area (Å²) in [7, 11) is -3.68. The zero-order valence-corrected chi connectivity index (χ0v) is 17.5. The molecule has 27 heavy (non-hydrogen) atoms. The Balaban J connectivity index is 0.00000364. The number of nitrogens with two attached hydrogens (primary N) is 1. The molecule has 8 heteroatoms. The molecule has 0 aliphatic carbocycles. The molecule has 0 fully saturated rings. The third-order valence-electron chi connectivity index (χ3n) is 3.89. The van der Waals surface area contributed by atoms with Crippen LogP contribution < -0.4 is 15.8 Å². The van der Waals surface area contributed by atoms with E-state index in [2.05, 4.69) is 10.0 Å². The summed E-state index contributed by atoms with van der Waals surface area (Å²) in [6.45, 7) is 7.77. The SMILES string of the molecule is Cc1ccc(S(=O)(=O)Nc2ccc(C(=O)NCC(C)(C)N)cc2)cc1C.Cl. The molecule has 0 saturated heterocycles. The van der Waals surface area contributed by atoms with Crippen molar-refractivity contribution in [2.24, 2.45) is 5.73 Å². The van der Waals surface area contributed by atoms with E-state index in [4.69, 9.17) is 5.73 Å². The van der Waals surface area contributed by atoms with E-state index in [-0.39, 0.29) is 23.2 Å². The van der Waals surface area contributed by atoms with Crippen LogP contribution in [0.5, 0.6) is 0 Å². The molecule has 0 bridgehead atoms. The lowest BCUT2D eigenvalue weighted by Gasteiger charge is -2.18. The number of halogens is 1. The van der Waals surface area contributed by atoms with Crippen LogP contribution in [0.2, 0.25) is 0 Å². The highest BCUT2D eigenvalue weighted by Crippen LogP contribution is 2.19. The fraction of sp³-hybridized carbons (Fsp3) is 0.316. The topological polar surface area (TPSA) is 101 Å². The van der Waals surface area contributed by atoms with Crippen molar-refractivity contribution >= 4 is 34.0 Å². The van der Waals surface area contributed by atoms with E-state index in [1.54, 1.807) is 42.5 Å². The van der Waals surface area contributed by atoms with Crippen molar-refractivity contribution in [2.75, 3.05) is 11.3 Å². The Kier molecular flexibility index (Phi) is 7.42. The zero-order chi connectivity index (χ0) is 19.5. The van der Waals surface area contributed by atoms with Crippen molar-refractivity contribution in [2.45, 2.75) is 38.1 Å². The first-order chi connectivity index (χ1) is 12.0. The number of rotatable bonds is 6. The van der Waals surface area contributed by atoms with Crippen LogP contribution in [0, 0.1) is 13.8 Å². The third-order valence-corrected chi connectivity index (χ3v) is 5.27. The third kappa shape index (κ3) is 6.53. The van der Waals surface area contributed by atoms with Gasteiger partial charge >= 0.3 is 0 Å². The van der Waals surface area contributed by atoms with Gasteiger partial charge in [0.25, 0.3) is 15.9 Å². The van der Waals surface area contributed by atoms with Crippen LogP contribution in [0.4, 0.5) is 5.69 Å². The van der Waals surface area contributed by atoms with E-state index in [1.807, 2.05) is 27.7 Å². The summed E-state index contributed by atoms with van der Waals surface area (Å²) < 4.78 is 27.5. The van der Waals surface area contributed by atoms with Crippen LogP contribution >= 0.6 is 12.4 Å². The van der Waals surface area contributed by atoms with Gasteiger partial charge in [0.05, 0.1) is 4.90 Å². The summed E-state index contributed by atoms with van der Waals surface area (Å²) in [6.07, 6.45) is 0. The molecule has 0 spiro atoms. The summed E-state index contributed by atoms with van der Waals surface area (Å²) >= 11 is 0. The Labute approximate surface area is 167 Å². The van der Waals surface area contributed by atoms with Crippen LogP contribution in [0.25, 0.3) is 0 Å². The molecule has 2 rings (SSSR count). The van der Waals surface area contributed by atoms with Crippen LogP contribution in [0.15, 0.2) is 47.4 Å². The van der Waals surface area contributed by atoms with Gasteiger partial charge in [-0.05, 0) is 75.2 Å². The highest BCUT2D eigenvalue weighted by molar-refractivity contribution is 7.92. The summed E-state index contributed by atoms with van der Waals surface area (Å²) in [5.41, 5.74) is 8.09. The molecule has 0 aliphatic heterocycles.